The van der Waals surface area contributed by atoms with Crippen molar-refractivity contribution in [2.75, 3.05) is 13.6 Å². The van der Waals surface area contributed by atoms with E-state index in [1.54, 1.807) is 21.8 Å². The number of aromatic nitrogens is 3. The Hall–Kier alpha value is -3.65. The molecule has 1 aliphatic heterocycles. The van der Waals surface area contributed by atoms with Crippen LogP contribution in [0.1, 0.15) is 50.5 Å². The van der Waals surface area contributed by atoms with Gasteiger partial charge in [-0.3, -0.25) is 14.3 Å². The fourth-order valence-corrected chi connectivity index (χ4v) is 5.35. The molecule has 0 saturated heterocycles. The molecule has 0 unspecified atom stereocenters. The Morgan fingerprint density at radius 3 is 2.61 bits per heavy atom. The third-order valence-corrected chi connectivity index (χ3v) is 7.83. The largest absolute Gasteiger partial charge is 0.350 e. The van der Waals surface area contributed by atoms with Crippen molar-refractivity contribution in [3.8, 4) is 0 Å². The predicted molar refractivity (Wildman–Crippen MR) is 134 cm³/mol. The van der Waals surface area contributed by atoms with Gasteiger partial charge in [0, 0.05) is 24.5 Å². The van der Waals surface area contributed by atoms with Gasteiger partial charge in [0.15, 0.2) is 0 Å². The van der Waals surface area contributed by atoms with Crippen molar-refractivity contribution in [2.45, 2.75) is 38.4 Å². The Bertz CT molecular complexity index is 1480. The van der Waals surface area contributed by atoms with Crippen LogP contribution >= 0.6 is 11.6 Å². The van der Waals surface area contributed by atoms with E-state index in [0.29, 0.717) is 35.2 Å². The number of nitrogens with zero attached hydrogens (tertiary/aromatic N) is 4. The predicted octanol–water partition coefficient (Wildman–Crippen LogP) is 4.88. The molecule has 3 heterocycles. The molecular weight excluding hydrogens is 481 g/mol. The second kappa shape index (κ2) is 8.20. The molecule has 184 valence electrons. The first kappa shape index (κ1) is 22.8. The average Bonchev–Trinajstić information content (AvgIpc) is 3.42. The lowest BCUT2D eigenvalue weighted by molar-refractivity contribution is 0.0670. The second-order valence-electron chi connectivity index (χ2n) is 9.75. The summed E-state index contributed by atoms with van der Waals surface area (Å²) >= 11 is 5.89. The topological polar surface area (TPSA) is 74.2 Å². The van der Waals surface area contributed by atoms with E-state index in [2.05, 4.69) is 34.3 Å². The third kappa shape index (κ3) is 3.59. The summed E-state index contributed by atoms with van der Waals surface area (Å²) in [5, 5.41) is 5.01. The maximum absolute atomic E-state index is 13.9. The second-order valence-corrected chi connectivity index (χ2v) is 10.2. The Morgan fingerprint density at radius 2 is 1.89 bits per heavy atom. The van der Waals surface area contributed by atoms with Gasteiger partial charge < -0.3 is 14.8 Å². The van der Waals surface area contributed by atoms with E-state index in [9.17, 15) is 14.0 Å². The van der Waals surface area contributed by atoms with Crippen LogP contribution in [-0.4, -0.2) is 50.0 Å². The summed E-state index contributed by atoms with van der Waals surface area (Å²) in [4.78, 5) is 33.5. The van der Waals surface area contributed by atoms with Gasteiger partial charge in [0.1, 0.15) is 11.5 Å². The number of carbonyl (C=O) groups is 2. The number of carbonyl (C=O) groups excluding carboxylic acids is 2. The number of H-pyrrole nitrogens is 1. The zero-order chi connectivity index (χ0) is 25.2. The Balaban J connectivity index is 1.25. The lowest BCUT2D eigenvalue weighted by atomic mass is 10.0. The summed E-state index contributed by atoms with van der Waals surface area (Å²) < 4.78 is 15.7. The number of fused-ring (bicyclic) bond motifs is 2. The van der Waals surface area contributed by atoms with Crippen molar-refractivity contribution < 1.29 is 14.0 Å². The lowest BCUT2D eigenvalue weighted by Gasteiger charge is -2.31. The highest BCUT2D eigenvalue weighted by Gasteiger charge is 2.50. The minimum absolute atomic E-state index is 0.00318. The molecular formula is C27H25ClFN5O2. The Morgan fingerprint density at radius 1 is 1.14 bits per heavy atom. The molecule has 1 aliphatic carbocycles. The lowest BCUT2D eigenvalue weighted by Crippen LogP contribution is -2.41. The van der Waals surface area contributed by atoms with Crippen molar-refractivity contribution in [1.29, 1.82) is 0 Å². The van der Waals surface area contributed by atoms with Crippen LogP contribution in [0.4, 0.5) is 4.39 Å². The van der Waals surface area contributed by atoms with Crippen LogP contribution in [0.5, 0.6) is 0 Å². The van der Waals surface area contributed by atoms with Crippen LogP contribution in [-0.2, 0) is 18.6 Å². The zero-order valence-electron chi connectivity index (χ0n) is 20.0. The summed E-state index contributed by atoms with van der Waals surface area (Å²) in [6.07, 6.45) is 3.44. The highest BCUT2D eigenvalue weighted by molar-refractivity contribution is 6.31. The summed E-state index contributed by atoms with van der Waals surface area (Å²) in [6, 6.07) is 12.8. The van der Waals surface area contributed by atoms with Crippen LogP contribution in [0.15, 0.2) is 48.7 Å². The average molecular weight is 506 g/mol. The van der Waals surface area contributed by atoms with E-state index in [-0.39, 0.29) is 28.9 Å². The van der Waals surface area contributed by atoms with Crippen LogP contribution in [0.2, 0.25) is 5.02 Å². The molecule has 2 aromatic heterocycles. The maximum atomic E-state index is 13.9. The molecule has 2 aromatic carbocycles. The van der Waals surface area contributed by atoms with Gasteiger partial charge in [-0.05, 0) is 43.5 Å². The summed E-state index contributed by atoms with van der Waals surface area (Å²) in [5.74, 6) is -0.852. The number of rotatable bonds is 4. The Labute approximate surface area is 212 Å². The van der Waals surface area contributed by atoms with Gasteiger partial charge in [0.2, 0.25) is 0 Å². The molecule has 2 aliphatic rings. The van der Waals surface area contributed by atoms with Crippen molar-refractivity contribution in [3.63, 3.8) is 0 Å². The summed E-state index contributed by atoms with van der Waals surface area (Å²) in [7, 11) is 1.85. The van der Waals surface area contributed by atoms with Gasteiger partial charge >= 0.3 is 0 Å². The van der Waals surface area contributed by atoms with Crippen molar-refractivity contribution in [3.05, 3.63) is 87.6 Å². The van der Waals surface area contributed by atoms with E-state index in [1.165, 1.54) is 17.7 Å². The van der Waals surface area contributed by atoms with Gasteiger partial charge in [-0.15, -0.1) is 0 Å². The van der Waals surface area contributed by atoms with Crippen LogP contribution in [0.3, 0.4) is 0 Å². The minimum Gasteiger partial charge on any atom is -0.350 e. The van der Waals surface area contributed by atoms with E-state index < -0.39 is 5.82 Å². The van der Waals surface area contributed by atoms with E-state index >= 15 is 0 Å². The quantitative estimate of drug-likeness (QED) is 0.429. The first-order chi connectivity index (χ1) is 17.3. The number of halogens is 2. The SMILES string of the molecule is Cc1ccc(C2(N(C)C(=O)c3cnn4c3CN(C(=O)c3cc5cc(F)c(Cl)cc5[nH]3)CC4)CC2)cc1. The first-order valence-corrected chi connectivity index (χ1v) is 12.3. The summed E-state index contributed by atoms with van der Waals surface area (Å²) in [5.41, 5.74) is 4.19. The van der Waals surface area contributed by atoms with Crippen molar-refractivity contribution in [2.24, 2.45) is 0 Å². The number of aryl methyl sites for hydroxylation is 1. The number of aromatic amines is 1. The fraction of sp³-hybridized carbons (Fsp3) is 0.296. The molecule has 1 N–H and O–H groups in total. The molecule has 9 heteroatoms. The Kier molecular flexibility index (Phi) is 5.19. The highest BCUT2D eigenvalue weighted by Crippen LogP contribution is 2.51. The first-order valence-electron chi connectivity index (χ1n) is 11.9. The van der Waals surface area contributed by atoms with Gasteiger partial charge in [0.25, 0.3) is 11.8 Å². The molecule has 0 radical (unpaired) electrons. The molecule has 0 spiro atoms. The highest BCUT2D eigenvalue weighted by atomic mass is 35.5. The van der Waals surface area contributed by atoms with Gasteiger partial charge in [-0.25, -0.2) is 4.39 Å². The summed E-state index contributed by atoms with van der Waals surface area (Å²) in [6.45, 7) is 3.25. The monoisotopic (exact) mass is 505 g/mol. The number of amides is 2. The number of hydrogen-bond acceptors (Lipinski definition) is 3. The normalized spacial score (nSPS) is 16.2. The standard InChI is InChI=1S/C27H25ClFN5O2/c1-16-3-5-18(6-4-16)27(7-8-27)32(2)25(35)19-14-30-34-10-9-33(15-24(19)34)26(36)23-12-17-11-21(29)20(28)13-22(17)31-23/h3-6,11-14,31H,7-10,15H2,1-2H3. The molecule has 6 rings (SSSR count). The van der Waals surface area contributed by atoms with Crippen molar-refractivity contribution in [1.82, 2.24) is 24.6 Å². The molecule has 36 heavy (non-hydrogen) atoms. The van der Waals surface area contributed by atoms with Gasteiger partial charge in [-0.1, -0.05) is 41.4 Å². The molecule has 7 nitrogen and oxygen atoms in total. The minimum atomic E-state index is -0.532. The van der Waals surface area contributed by atoms with Gasteiger partial charge in [0.05, 0.1) is 41.1 Å². The van der Waals surface area contributed by atoms with Crippen LogP contribution < -0.4 is 0 Å². The molecule has 4 aromatic rings. The van der Waals surface area contributed by atoms with Crippen LogP contribution in [0.25, 0.3) is 10.9 Å². The fourth-order valence-electron chi connectivity index (χ4n) is 5.18. The number of benzene rings is 2. The molecule has 0 bridgehead atoms. The molecule has 1 saturated carbocycles. The van der Waals surface area contributed by atoms with Crippen molar-refractivity contribution >= 4 is 34.3 Å². The molecule has 2 amide bonds. The number of nitrogens with one attached hydrogen (secondary N) is 1. The number of hydrogen-bond donors (Lipinski definition) is 1. The van der Waals surface area contributed by atoms with E-state index in [1.807, 2.05) is 18.9 Å². The van der Waals surface area contributed by atoms with E-state index in [4.69, 9.17) is 11.6 Å². The molecule has 0 atom stereocenters. The van der Waals surface area contributed by atoms with Crippen LogP contribution in [0, 0.1) is 12.7 Å². The third-order valence-electron chi connectivity index (χ3n) is 7.54. The van der Waals surface area contributed by atoms with Gasteiger partial charge in [-0.2, -0.15) is 5.10 Å². The van der Waals surface area contributed by atoms with E-state index in [0.717, 1.165) is 24.1 Å². The smallest absolute Gasteiger partial charge is 0.270 e. The zero-order valence-corrected chi connectivity index (χ0v) is 20.8. The maximum Gasteiger partial charge on any atom is 0.270 e. The molecule has 1 fully saturated rings.